The van der Waals surface area contributed by atoms with Crippen molar-refractivity contribution in [1.82, 2.24) is 9.97 Å². The number of pyridine rings is 2. The number of aromatic nitrogens is 2. The van der Waals surface area contributed by atoms with Gasteiger partial charge in [-0.1, -0.05) is 0 Å². The van der Waals surface area contributed by atoms with Crippen LogP contribution in [-0.4, -0.2) is 9.97 Å². The summed E-state index contributed by atoms with van der Waals surface area (Å²) in [6.07, 6.45) is 7.37. The quantitative estimate of drug-likeness (QED) is 0.634. The van der Waals surface area contributed by atoms with Gasteiger partial charge < -0.3 is 0 Å². The molecule has 0 unspecified atom stereocenters. The van der Waals surface area contributed by atoms with E-state index >= 15 is 0 Å². The lowest BCUT2D eigenvalue weighted by atomic mass is 10.5. The minimum absolute atomic E-state index is 0.0513. The minimum atomic E-state index is -0.0513. The predicted molar refractivity (Wildman–Crippen MR) is 45.9 cm³/mol. The van der Waals surface area contributed by atoms with Gasteiger partial charge in [-0.15, -0.1) is 0 Å². The molecule has 2 nitrogen and oxygen atoms in total. The van der Waals surface area contributed by atoms with E-state index in [1.165, 1.54) is 7.14 Å². The lowest BCUT2D eigenvalue weighted by Crippen LogP contribution is -3.61. The van der Waals surface area contributed by atoms with Crippen molar-refractivity contribution in [3.63, 3.8) is 0 Å². The normalized spacial score (nSPS) is 9.85. The van der Waals surface area contributed by atoms with Gasteiger partial charge in [0.1, 0.15) is 0 Å². The maximum Gasteiger partial charge on any atom is 0.358 e. The maximum absolute atomic E-state index is 3.99. The molecule has 0 spiro atoms. The first kappa shape index (κ1) is 8.62. The highest BCUT2D eigenvalue weighted by atomic mass is 127. The van der Waals surface area contributed by atoms with Crippen LogP contribution in [0.15, 0.2) is 49.1 Å². The fraction of sp³-hybridized carbons (Fsp3) is 0. The molecule has 0 radical (unpaired) electrons. The van der Waals surface area contributed by atoms with Crippen LogP contribution < -0.4 is 21.2 Å². The molecular formula is C10H8IN2+. The molecule has 2 aromatic rings. The molecule has 0 bridgehead atoms. The van der Waals surface area contributed by atoms with Crippen molar-refractivity contribution in [2.45, 2.75) is 0 Å². The summed E-state index contributed by atoms with van der Waals surface area (Å²) >= 11 is -0.0513. The van der Waals surface area contributed by atoms with Gasteiger partial charge in [-0.3, -0.25) is 9.97 Å². The average Bonchev–Trinajstić information content (AvgIpc) is 2.21. The van der Waals surface area contributed by atoms with Crippen molar-refractivity contribution >= 4 is 0 Å². The second-order valence-electron chi connectivity index (χ2n) is 2.43. The summed E-state index contributed by atoms with van der Waals surface area (Å²) in [5, 5.41) is 0. The first-order chi connectivity index (χ1) is 6.45. The number of rotatable bonds is 2. The molecule has 3 heteroatoms. The molecule has 2 heterocycles. The summed E-state index contributed by atoms with van der Waals surface area (Å²) in [4.78, 5) is 7.98. The molecule has 0 saturated heterocycles. The third-order valence-electron chi connectivity index (χ3n) is 1.50. The molecule has 0 N–H and O–H groups in total. The van der Waals surface area contributed by atoms with Crippen LogP contribution in [0.4, 0.5) is 0 Å². The lowest BCUT2D eigenvalue weighted by Gasteiger charge is -1.83. The van der Waals surface area contributed by atoms with E-state index in [4.69, 9.17) is 0 Å². The summed E-state index contributed by atoms with van der Waals surface area (Å²) < 4.78 is 2.78. The van der Waals surface area contributed by atoms with Crippen LogP contribution in [0.25, 0.3) is 0 Å². The molecule has 0 aliphatic heterocycles. The fourth-order valence-corrected chi connectivity index (χ4v) is 3.00. The molecule has 64 valence electrons. The molecule has 0 saturated carbocycles. The third-order valence-corrected chi connectivity index (χ3v) is 4.18. The van der Waals surface area contributed by atoms with E-state index in [0.717, 1.165) is 0 Å². The Balaban J connectivity index is 2.16. The Morgan fingerprint density at radius 2 is 1.08 bits per heavy atom. The van der Waals surface area contributed by atoms with Crippen molar-refractivity contribution in [1.29, 1.82) is 0 Å². The Kier molecular flexibility index (Phi) is 2.86. The second kappa shape index (κ2) is 4.32. The zero-order chi connectivity index (χ0) is 8.93. The molecule has 0 fully saturated rings. The van der Waals surface area contributed by atoms with Gasteiger partial charge in [0.25, 0.3) is 0 Å². The summed E-state index contributed by atoms with van der Waals surface area (Å²) in [5.41, 5.74) is 0. The van der Waals surface area contributed by atoms with Crippen LogP contribution in [0.2, 0.25) is 0 Å². The molecule has 0 aromatic carbocycles. The molecule has 2 aromatic heterocycles. The maximum atomic E-state index is 3.99. The number of nitrogens with zero attached hydrogens (tertiary/aromatic N) is 2. The highest BCUT2D eigenvalue weighted by Crippen LogP contribution is 1.80. The Hall–Kier alpha value is -0.970. The second-order valence-corrected chi connectivity index (χ2v) is 5.46. The van der Waals surface area contributed by atoms with Gasteiger partial charge in [0, 0.05) is 49.1 Å². The standard InChI is InChI=1S/C10H8IN2/c1-5-12-6-2-9(1)11-10-3-7-13-8-4-10/h1-8H/q+1. The molecule has 0 aliphatic rings. The monoisotopic (exact) mass is 283 g/mol. The van der Waals surface area contributed by atoms with Crippen LogP contribution in [0, 0.1) is 7.14 Å². The van der Waals surface area contributed by atoms with Crippen LogP contribution in [-0.2, 0) is 0 Å². The lowest BCUT2D eigenvalue weighted by molar-refractivity contribution is -0.597. The van der Waals surface area contributed by atoms with Gasteiger partial charge in [0.05, 0.1) is 0 Å². The van der Waals surface area contributed by atoms with E-state index in [1.807, 2.05) is 24.8 Å². The van der Waals surface area contributed by atoms with E-state index in [9.17, 15) is 0 Å². The fourth-order valence-electron chi connectivity index (χ4n) is 0.919. The van der Waals surface area contributed by atoms with Gasteiger partial charge in [-0.05, 0) is 0 Å². The Morgan fingerprint density at radius 1 is 0.692 bits per heavy atom. The van der Waals surface area contributed by atoms with Crippen molar-refractivity contribution in [2.24, 2.45) is 0 Å². The first-order valence-corrected chi connectivity index (χ1v) is 6.06. The number of hydrogen-bond acceptors (Lipinski definition) is 2. The average molecular weight is 283 g/mol. The van der Waals surface area contributed by atoms with E-state index in [-0.39, 0.29) is 21.2 Å². The SMILES string of the molecule is c1cc([I+]c2ccncc2)ccn1. The van der Waals surface area contributed by atoms with Crippen molar-refractivity contribution in [3.05, 3.63) is 56.2 Å². The van der Waals surface area contributed by atoms with Gasteiger partial charge in [0.15, 0.2) is 7.14 Å². The third kappa shape index (κ3) is 2.48. The molecule has 0 atom stereocenters. The molecule has 0 amide bonds. The van der Waals surface area contributed by atoms with E-state index in [1.54, 1.807) is 0 Å². The van der Waals surface area contributed by atoms with Gasteiger partial charge in [-0.2, -0.15) is 0 Å². The number of hydrogen-bond donors (Lipinski definition) is 0. The molecule has 13 heavy (non-hydrogen) atoms. The van der Waals surface area contributed by atoms with Crippen LogP contribution in [0.5, 0.6) is 0 Å². The smallest absolute Gasteiger partial charge is 0.264 e. The summed E-state index contributed by atoms with van der Waals surface area (Å²) in [6.45, 7) is 0. The molecule has 2 rings (SSSR count). The van der Waals surface area contributed by atoms with Gasteiger partial charge in [-0.25, -0.2) is 0 Å². The van der Waals surface area contributed by atoms with Crippen LogP contribution in [0.3, 0.4) is 0 Å². The predicted octanol–water partition coefficient (Wildman–Crippen LogP) is -1.39. The van der Waals surface area contributed by atoms with E-state index in [0.29, 0.717) is 0 Å². The first-order valence-electron chi connectivity index (χ1n) is 3.90. The zero-order valence-corrected chi connectivity index (χ0v) is 9.05. The van der Waals surface area contributed by atoms with Crippen molar-refractivity contribution in [2.75, 3.05) is 0 Å². The number of halogens is 1. The van der Waals surface area contributed by atoms with Gasteiger partial charge >= 0.3 is 21.2 Å². The highest BCUT2D eigenvalue weighted by molar-refractivity contribution is 4.93. The summed E-state index contributed by atoms with van der Waals surface area (Å²) in [5.74, 6) is 0. The highest BCUT2D eigenvalue weighted by Gasteiger charge is 2.13. The minimum Gasteiger partial charge on any atom is -0.264 e. The van der Waals surface area contributed by atoms with E-state index < -0.39 is 0 Å². The van der Waals surface area contributed by atoms with Crippen LogP contribution >= 0.6 is 0 Å². The Labute approximate surface area is 87.3 Å². The molecular weight excluding hydrogens is 275 g/mol. The summed E-state index contributed by atoms with van der Waals surface area (Å²) in [7, 11) is 0. The Bertz CT molecular complexity index is 324. The molecule has 0 aliphatic carbocycles. The largest absolute Gasteiger partial charge is 0.358 e. The van der Waals surface area contributed by atoms with Crippen molar-refractivity contribution in [3.8, 4) is 0 Å². The Morgan fingerprint density at radius 3 is 1.46 bits per heavy atom. The summed E-state index contributed by atoms with van der Waals surface area (Å²) in [6, 6.07) is 8.31. The van der Waals surface area contributed by atoms with Crippen LogP contribution in [0.1, 0.15) is 0 Å². The van der Waals surface area contributed by atoms with Crippen molar-refractivity contribution < 1.29 is 21.2 Å². The van der Waals surface area contributed by atoms with Gasteiger partial charge in [0.2, 0.25) is 0 Å². The topological polar surface area (TPSA) is 25.8 Å². The zero-order valence-electron chi connectivity index (χ0n) is 6.89. The van der Waals surface area contributed by atoms with E-state index in [2.05, 4.69) is 34.2 Å².